The Hall–Kier alpha value is -1.32. The zero-order valence-electron chi connectivity index (χ0n) is 10.6. The summed E-state index contributed by atoms with van der Waals surface area (Å²) in [6.45, 7) is 3.46. The van der Waals surface area contributed by atoms with Crippen molar-refractivity contribution < 1.29 is 4.74 Å². The molecule has 1 heterocycles. The fourth-order valence-electron chi connectivity index (χ4n) is 1.85. The third-order valence-corrected chi connectivity index (χ3v) is 4.02. The van der Waals surface area contributed by atoms with Gasteiger partial charge in [0.15, 0.2) is 0 Å². The fraction of sp³-hybridized carbons (Fsp3) is 0.333. The van der Waals surface area contributed by atoms with Gasteiger partial charge in [-0.15, -0.1) is 11.3 Å². The van der Waals surface area contributed by atoms with E-state index in [1.165, 1.54) is 10.4 Å². The second kappa shape index (κ2) is 6.57. The summed E-state index contributed by atoms with van der Waals surface area (Å²) in [5.74, 6) is 1.35. The van der Waals surface area contributed by atoms with Gasteiger partial charge in [0.2, 0.25) is 0 Å². The van der Waals surface area contributed by atoms with Gasteiger partial charge >= 0.3 is 0 Å². The predicted octanol–water partition coefficient (Wildman–Crippen LogP) is 3.57. The maximum Gasteiger partial charge on any atom is 0.119 e. The summed E-state index contributed by atoms with van der Waals surface area (Å²) < 4.78 is 5.74. The van der Waals surface area contributed by atoms with Crippen molar-refractivity contribution in [3.05, 3.63) is 52.2 Å². The molecule has 0 saturated heterocycles. The quantitative estimate of drug-likeness (QED) is 0.862. The average molecular weight is 261 g/mol. The number of aryl methyl sites for hydroxylation is 1. The van der Waals surface area contributed by atoms with Crippen molar-refractivity contribution in [3.63, 3.8) is 0 Å². The van der Waals surface area contributed by atoms with E-state index >= 15 is 0 Å². The minimum atomic E-state index is 0.412. The predicted molar refractivity (Wildman–Crippen MR) is 77.4 cm³/mol. The maximum absolute atomic E-state index is 5.81. The van der Waals surface area contributed by atoms with Crippen molar-refractivity contribution in [2.75, 3.05) is 13.2 Å². The standard InChI is InChI=1S/C15H19NOS/c1-12-4-6-14(7-5-12)17-9-8-13(11-16)15-3-2-10-18-15/h2-7,10,13H,8-9,11,16H2,1H3. The number of ether oxygens (including phenoxy) is 1. The Labute approximate surface area is 112 Å². The summed E-state index contributed by atoms with van der Waals surface area (Å²) in [6.07, 6.45) is 0.963. The molecule has 1 unspecified atom stereocenters. The van der Waals surface area contributed by atoms with Crippen LogP contribution in [0.15, 0.2) is 41.8 Å². The lowest BCUT2D eigenvalue weighted by Crippen LogP contribution is -2.14. The molecule has 0 saturated carbocycles. The first-order valence-electron chi connectivity index (χ1n) is 6.22. The van der Waals surface area contributed by atoms with E-state index in [1.54, 1.807) is 11.3 Å². The van der Waals surface area contributed by atoms with Crippen molar-refractivity contribution in [2.24, 2.45) is 5.73 Å². The molecule has 0 aliphatic heterocycles. The van der Waals surface area contributed by atoms with Gasteiger partial charge in [0.05, 0.1) is 6.61 Å². The van der Waals surface area contributed by atoms with Crippen LogP contribution in [0.4, 0.5) is 0 Å². The number of nitrogens with two attached hydrogens (primary N) is 1. The summed E-state index contributed by atoms with van der Waals surface area (Å²) in [5, 5.41) is 2.10. The monoisotopic (exact) mass is 261 g/mol. The van der Waals surface area contributed by atoms with Crippen LogP contribution in [-0.4, -0.2) is 13.2 Å². The Morgan fingerprint density at radius 2 is 2.00 bits per heavy atom. The molecule has 2 rings (SSSR count). The lowest BCUT2D eigenvalue weighted by Gasteiger charge is -2.13. The first-order valence-corrected chi connectivity index (χ1v) is 7.10. The molecule has 1 atom stereocenters. The van der Waals surface area contributed by atoms with E-state index in [1.807, 2.05) is 12.1 Å². The molecule has 2 nitrogen and oxygen atoms in total. The molecule has 0 bridgehead atoms. The van der Waals surface area contributed by atoms with Crippen LogP contribution in [0, 0.1) is 6.92 Å². The van der Waals surface area contributed by atoms with Crippen molar-refractivity contribution in [2.45, 2.75) is 19.3 Å². The molecule has 0 aliphatic rings. The van der Waals surface area contributed by atoms with Gasteiger partial charge in [0, 0.05) is 17.3 Å². The summed E-state index contributed by atoms with van der Waals surface area (Å²) in [7, 11) is 0. The van der Waals surface area contributed by atoms with Crippen LogP contribution in [0.1, 0.15) is 22.8 Å². The highest BCUT2D eigenvalue weighted by Gasteiger charge is 2.10. The second-order valence-electron chi connectivity index (χ2n) is 4.40. The first kappa shape index (κ1) is 13.1. The number of hydrogen-bond donors (Lipinski definition) is 1. The molecule has 0 radical (unpaired) electrons. The van der Waals surface area contributed by atoms with Gasteiger partial charge in [-0.2, -0.15) is 0 Å². The van der Waals surface area contributed by atoms with E-state index in [0.29, 0.717) is 19.1 Å². The van der Waals surface area contributed by atoms with Gasteiger partial charge in [-0.25, -0.2) is 0 Å². The molecule has 96 valence electrons. The van der Waals surface area contributed by atoms with Crippen LogP contribution >= 0.6 is 11.3 Å². The smallest absolute Gasteiger partial charge is 0.119 e. The molecule has 0 fully saturated rings. The number of hydrogen-bond acceptors (Lipinski definition) is 3. The van der Waals surface area contributed by atoms with E-state index in [9.17, 15) is 0 Å². The van der Waals surface area contributed by atoms with Crippen LogP contribution in [0.5, 0.6) is 5.75 Å². The third kappa shape index (κ3) is 3.59. The van der Waals surface area contributed by atoms with Gasteiger partial charge in [-0.3, -0.25) is 0 Å². The summed E-state index contributed by atoms with van der Waals surface area (Å²) >= 11 is 1.77. The normalized spacial score (nSPS) is 12.3. The molecule has 2 aromatic rings. The van der Waals surface area contributed by atoms with Crippen LogP contribution in [-0.2, 0) is 0 Å². The molecule has 2 N–H and O–H groups in total. The lowest BCUT2D eigenvalue weighted by molar-refractivity contribution is 0.299. The lowest BCUT2D eigenvalue weighted by atomic mass is 10.0. The summed E-state index contributed by atoms with van der Waals surface area (Å²) in [5.41, 5.74) is 7.07. The van der Waals surface area contributed by atoms with E-state index in [-0.39, 0.29) is 0 Å². The zero-order chi connectivity index (χ0) is 12.8. The van der Waals surface area contributed by atoms with Gasteiger partial charge in [0.1, 0.15) is 5.75 Å². The molecule has 18 heavy (non-hydrogen) atoms. The van der Waals surface area contributed by atoms with Gasteiger partial charge in [-0.05, 0) is 36.9 Å². The van der Waals surface area contributed by atoms with Crippen LogP contribution in [0.3, 0.4) is 0 Å². The van der Waals surface area contributed by atoms with E-state index in [4.69, 9.17) is 10.5 Å². The minimum absolute atomic E-state index is 0.412. The molecule has 1 aromatic heterocycles. The number of benzene rings is 1. The Morgan fingerprint density at radius 1 is 1.22 bits per heavy atom. The van der Waals surface area contributed by atoms with Crippen molar-refractivity contribution in [3.8, 4) is 5.75 Å². The largest absolute Gasteiger partial charge is 0.494 e. The highest BCUT2D eigenvalue weighted by atomic mass is 32.1. The molecule has 0 amide bonds. The van der Waals surface area contributed by atoms with Crippen LogP contribution in [0.25, 0.3) is 0 Å². The highest BCUT2D eigenvalue weighted by Crippen LogP contribution is 2.23. The number of rotatable bonds is 6. The van der Waals surface area contributed by atoms with Crippen molar-refractivity contribution in [1.29, 1.82) is 0 Å². The van der Waals surface area contributed by atoms with E-state index in [2.05, 4.69) is 36.6 Å². The molecular formula is C15H19NOS. The van der Waals surface area contributed by atoms with Crippen molar-refractivity contribution >= 4 is 11.3 Å². The van der Waals surface area contributed by atoms with Gasteiger partial charge < -0.3 is 10.5 Å². The summed E-state index contributed by atoms with van der Waals surface area (Å²) in [6, 6.07) is 12.4. The minimum Gasteiger partial charge on any atom is -0.494 e. The van der Waals surface area contributed by atoms with Crippen LogP contribution in [0.2, 0.25) is 0 Å². The summed E-state index contributed by atoms with van der Waals surface area (Å²) in [4.78, 5) is 1.35. The molecular weight excluding hydrogens is 242 g/mol. The maximum atomic E-state index is 5.81. The van der Waals surface area contributed by atoms with Crippen molar-refractivity contribution in [1.82, 2.24) is 0 Å². The van der Waals surface area contributed by atoms with E-state index < -0.39 is 0 Å². The number of thiophene rings is 1. The fourth-order valence-corrected chi connectivity index (χ4v) is 2.73. The Bertz CT molecular complexity index is 450. The van der Waals surface area contributed by atoms with E-state index in [0.717, 1.165) is 12.2 Å². The zero-order valence-corrected chi connectivity index (χ0v) is 11.5. The van der Waals surface area contributed by atoms with Crippen LogP contribution < -0.4 is 10.5 Å². The second-order valence-corrected chi connectivity index (χ2v) is 5.38. The first-order chi connectivity index (χ1) is 8.79. The Balaban J connectivity index is 1.82. The topological polar surface area (TPSA) is 35.2 Å². The Kier molecular flexibility index (Phi) is 4.79. The molecule has 0 aliphatic carbocycles. The Morgan fingerprint density at radius 3 is 2.61 bits per heavy atom. The highest BCUT2D eigenvalue weighted by molar-refractivity contribution is 7.10. The van der Waals surface area contributed by atoms with Gasteiger partial charge in [0.25, 0.3) is 0 Å². The molecule has 1 aromatic carbocycles. The third-order valence-electron chi connectivity index (χ3n) is 2.99. The SMILES string of the molecule is Cc1ccc(OCCC(CN)c2cccs2)cc1. The molecule has 3 heteroatoms. The molecule has 0 spiro atoms. The van der Waals surface area contributed by atoms with Gasteiger partial charge in [-0.1, -0.05) is 23.8 Å². The average Bonchev–Trinajstić information content (AvgIpc) is 2.91.